The van der Waals surface area contributed by atoms with Crippen LogP contribution in [0.3, 0.4) is 0 Å². The van der Waals surface area contributed by atoms with Crippen LogP contribution in [0.2, 0.25) is 0 Å². The molecule has 0 aromatic heterocycles. The number of hydrogen-bond donors (Lipinski definition) is 0. The van der Waals surface area contributed by atoms with Crippen molar-refractivity contribution in [1.29, 1.82) is 0 Å². The maximum atomic E-state index is 11.6. The minimum absolute atomic E-state index is 0.0168. The predicted octanol–water partition coefficient (Wildman–Crippen LogP) is 3.13. The molecule has 1 aromatic rings. The third-order valence-electron chi connectivity index (χ3n) is 2.88. The molecule has 0 bridgehead atoms. The second kappa shape index (κ2) is 4.88. The summed E-state index contributed by atoms with van der Waals surface area (Å²) in [6, 6.07) is 3.80. The van der Waals surface area contributed by atoms with Gasteiger partial charge in [-0.3, -0.25) is 4.79 Å². The Morgan fingerprint density at radius 2 is 2.25 bits per heavy atom. The van der Waals surface area contributed by atoms with Gasteiger partial charge in [0.1, 0.15) is 5.75 Å². The third kappa shape index (κ3) is 2.22. The molecule has 0 atom stereocenters. The summed E-state index contributed by atoms with van der Waals surface area (Å²) in [7, 11) is 0. The summed E-state index contributed by atoms with van der Waals surface area (Å²) in [5.41, 5.74) is 2.88. The highest BCUT2D eigenvalue weighted by Crippen LogP contribution is 2.29. The molecule has 2 nitrogen and oxygen atoms in total. The van der Waals surface area contributed by atoms with E-state index in [0.29, 0.717) is 5.56 Å². The molecule has 1 aliphatic heterocycles. The standard InChI is InChI=1S/C13H15ClO2/c1-9-6-11(12(15)8-14)7-10-4-2-3-5-16-13(9)10/h6-7H,2-5,8H2,1H3. The number of ketones is 1. The number of aryl methyl sites for hydroxylation is 2. The third-order valence-corrected chi connectivity index (χ3v) is 3.12. The summed E-state index contributed by atoms with van der Waals surface area (Å²) in [5.74, 6) is 0.986. The number of halogens is 1. The van der Waals surface area contributed by atoms with Crippen molar-refractivity contribution in [3.63, 3.8) is 0 Å². The predicted molar refractivity (Wildman–Crippen MR) is 64.7 cm³/mol. The molecule has 0 radical (unpaired) electrons. The number of hydrogen-bond acceptors (Lipinski definition) is 2. The van der Waals surface area contributed by atoms with Gasteiger partial charge in [-0.15, -0.1) is 11.6 Å². The Morgan fingerprint density at radius 1 is 1.44 bits per heavy atom. The molecule has 0 saturated carbocycles. The van der Waals surface area contributed by atoms with E-state index in [1.807, 2.05) is 19.1 Å². The molecule has 1 heterocycles. The van der Waals surface area contributed by atoms with E-state index in [9.17, 15) is 4.79 Å². The molecule has 0 N–H and O–H groups in total. The highest BCUT2D eigenvalue weighted by Gasteiger charge is 2.15. The molecule has 86 valence electrons. The van der Waals surface area contributed by atoms with Gasteiger partial charge in [0.05, 0.1) is 12.5 Å². The molecule has 1 aromatic carbocycles. The first-order chi connectivity index (χ1) is 7.72. The van der Waals surface area contributed by atoms with Crippen molar-refractivity contribution in [3.05, 3.63) is 28.8 Å². The van der Waals surface area contributed by atoms with E-state index >= 15 is 0 Å². The Hall–Kier alpha value is -1.02. The SMILES string of the molecule is Cc1cc(C(=O)CCl)cc2c1OCCCC2. The second-order valence-electron chi connectivity index (χ2n) is 4.14. The van der Waals surface area contributed by atoms with Gasteiger partial charge in [-0.25, -0.2) is 0 Å². The van der Waals surface area contributed by atoms with Crippen LogP contribution in [0.15, 0.2) is 12.1 Å². The molecule has 0 aliphatic carbocycles. The zero-order valence-corrected chi connectivity index (χ0v) is 10.1. The number of carbonyl (C=O) groups is 1. The van der Waals surface area contributed by atoms with Crippen LogP contribution in [0, 0.1) is 6.92 Å². The molecule has 0 spiro atoms. The summed E-state index contributed by atoms with van der Waals surface area (Å²) in [5, 5.41) is 0. The average molecular weight is 239 g/mol. The number of alkyl halides is 1. The quantitative estimate of drug-likeness (QED) is 0.585. The van der Waals surface area contributed by atoms with Gasteiger partial charge >= 0.3 is 0 Å². The lowest BCUT2D eigenvalue weighted by atomic mass is 9.99. The van der Waals surface area contributed by atoms with Gasteiger partial charge < -0.3 is 4.74 Å². The van der Waals surface area contributed by atoms with Crippen molar-refractivity contribution in [2.24, 2.45) is 0 Å². The van der Waals surface area contributed by atoms with Gasteiger partial charge in [0.25, 0.3) is 0 Å². The first-order valence-electron chi connectivity index (χ1n) is 5.58. The number of carbonyl (C=O) groups excluding carboxylic acids is 1. The summed E-state index contributed by atoms with van der Waals surface area (Å²) < 4.78 is 5.70. The molecule has 16 heavy (non-hydrogen) atoms. The largest absolute Gasteiger partial charge is 0.493 e. The molecule has 0 saturated heterocycles. The lowest BCUT2D eigenvalue weighted by Crippen LogP contribution is -2.04. The molecule has 0 unspecified atom stereocenters. The lowest BCUT2D eigenvalue weighted by Gasteiger charge is -2.12. The summed E-state index contributed by atoms with van der Waals surface area (Å²) in [4.78, 5) is 11.6. The average Bonchev–Trinajstić information content (AvgIpc) is 2.53. The number of fused-ring (bicyclic) bond motifs is 1. The Labute approximate surface area is 101 Å². The molecule has 0 amide bonds. The number of ether oxygens (including phenoxy) is 1. The van der Waals surface area contributed by atoms with E-state index in [0.717, 1.165) is 42.7 Å². The van der Waals surface area contributed by atoms with Crippen LogP contribution in [-0.2, 0) is 6.42 Å². The minimum atomic E-state index is -0.0168. The smallest absolute Gasteiger partial charge is 0.177 e. The van der Waals surface area contributed by atoms with E-state index in [4.69, 9.17) is 16.3 Å². The van der Waals surface area contributed by atoms with Crippen LogP contribution in [-0.4, -0.2) is 18.3 Å². The van der Waals surface area contributed by atoms with Crippen molar-refractivity contribution in [1.82, 2.24) is 0 Å². The van der Waals surface area contributed by atoms with Gasteiger partial charge in [-0.05, 0) is 49.4 Å². The highest BCUT2D eigenvalue weighted by molar-refractivity contribution is 6.30. The zero-order chi connectivity index (χ0) is 11.5. The second-order valence-corrected chi connectivity index (χ2v) is 4.41. The normalized spacial score (nSPS) is 14.9. The van der Waals surface area contributed by atoms with Crippen molar-refractivity contribution in [3.8, 4) is 5.75 Å². The molecule has 1 aliphatic rings. The first-order valence-corrected chi connectivity index (χ1v) is 6.11. The molecular formula is C13H15ClO2. The summed E-state index contributed by atoms with van der Waals surface area (Å²) in [6.07, 6.45) is 3.18. The molecule has 2 rings (SSSR count). The fourth-order valence-electron chi connectivity index (χ4n) is 2.07. The first kappa shape index (κ1) is 11.5. The fraction of sp³-hybridized carbons (Fsp3) is 0.462. The maximum Gasteiger partial charge on any atom is 0.177 e. The van der Waals surface area contributed by atoms with E-state index < -0.39 is 0 Å². The fourth-order valence-corrected chi connectivity index (χ4v) is 2.22. The van der Waals surface area contributed by atoms with E-state index in [2.05, 4.69) is 0 Å². The van der Waals surface area contributed by atoms with Gasteiger partial charge in [-0.1, -0.05) is 0 Å². The van der Waals surface area contributed by atoms with Gasteiger partial charge in [0, 0.05) is 5.56 Å². The van der Waals surface area contributed by atoms with Crippen LogP contribution in [0.4, 0.5) is 0 Å². The Balaban J connectivity index is 2.43. The summed E-state index contributed by atoms with van der Waals surface area (Å²) in [6.45, 7) is 2.76. The van der Waals surface area contributed by atoms with E-state index in [1.165, 1.54) is 0 Å². The molecule has 0 fully saturated rings. The molecular weight excluding hydrogens is 224 g/mol. The topological polar surface area (TPSA) is 26.3 Å². The monoisotopic (exact) mass is 238 g/mol. The van der Waals surface area contributed by atoms with Crippen LogP contribution in [0.5, 0.6) is 5.75 Å². The zero-order valence-electron chi connectivity index (χ0n) is 9.38. The molecule has 3 heteroatoms. The number of Topliss-reactive ketones (excluding diaryl/α,β-unsaturated/α-hetero) is 1. The minimum Gasteiger partial charge on any atom is -0.493 e. The van der Waals surface area contributed by atoms with Crippen LogP contribution >= 0.6 is 11.6 Å². The van der Waals surface area contributed by atoms with E-state index in [1.54, 1.807) is 0 Å². The Kier molecular flexibility index (Phi) is 3.49. The van der Waals surface area contributed by atoms with Crippen molar-refractivity contribution in [2.75, 3.05) is 12.5 Å². The highest BCUT2D eigenvalue weighted by atomic mass is 35.5. The Morgan fingerprint density at radius 3 is 3.00 bits per heavy atom. The Bertz CT molecular complexity index is 413. The van der Waals surface area contributed by atoms with E-state index in [-0.39, 0.29) is 11.7 Å². The van der Waals surface area contributed by atoms with Crippen LogP contribution < -0.4 is 4.74 Å². The van der Waals surface area contributed by atoms with Crippen LogP contribution in [0.25, 0.3) is 0 Å². The van der Waals surface area contributed by atoms with Crippen LogP contribution in [0.1, 0.15) is 34.3 Å². The van der Waals surface area contributed by atoms with Gasteiger partial charge in [0.15, 0.2) is 5.78 Å². The van der Waals surface area contributed by atoms with Gasteiger partial charge in [-0.2, -0.15) is 0 Å². The van der Waals surface area contributed by atoms with Crippen molar-refractivity contribution >= 4 is 17.4 Å². The van der Waals surface area contributed by atoms with Gasteiger partial charge in [0.2, 0.25) is 0 Å². The summed E-state index contributed by atoms with van der Waals surface area (Å²) >= 11 is 5.57. The van der Waals surface area contributed by atoms with Crippen molar-refractivity contribution < 1.29 is 9.53 Å². The number of benzene rings is 1. The van der Waals surface area contributed by atoms with Crippen molar-refractivity contribution in [2.45, 2.75) is 26.2 Å². The maximum absolute atomic E-state index is 11.6. The number of rotatable bonds is 2. The lowest BCUT2D eigenvalue weighted by molar-refractivity contribution is 0.102.